The Hall–Kier alpha value is -5.58. The van der Waals surface area contributed by atoms with Gasteiger partial charge in [0.2, 0.25) is 5.43 Å². The standard InChI is InChI=1S/C32H24F2N2O7/c1-36-16-21(31(38)29(30(36)32(39)40)18-5-7-19(33)8-6-18)24(37)13-17-4-9-26(22(34)12-17)43-25-10-11-35-23-15-28(42-3)27(41-2)14-20(23)25/h4-12,14-16H,13H2,1-3H3,(H,39,40). The summed E-state index contributed by atoms with van der Waals surface area (Å²) < 4.78 is 46.4. The Bertz CT molecular complexity index is 1950. The molecular weight excluding hydrogens is 562 g/mol. The largest absolute Gasteiger partial charge is 0.493 e. The van der Waals surface area contributed by atoms with Crippen molar-refractivity contribution in [2.45, 2.75) is 6.42 Å². The van der Waals surface area contributed by atoms with Crippen molar-refractivity contribution in [1.29, 1.82) is 0 Å². The molecule has 0 unspecified atom stereocenters. The van der Waals surface area contributed by atoms with Crippen molar-refractivity contribution in [3.63, 3.8) is 0 Å². The number of carboxylic acid groups (broad SMARTS) is 1. The number of carbonyl (C=O) groups excluding carboxylic acids is 1. The summed E-state index contributed by atoms with van der Waals surface area (Å²) in [5.74, 6) is -2.27. The first-order valence-corrected chi connectivity index (χ1v) is 12.8. The Morgan fingerprint density at radius 2 is 1.60 bits per heavy atom. The minimum absolute atomic E-state index is 0.112. The van der Waals surface area contributed by atoms with Gasteiger partial charge in [-0.15, -0.1) is 0 Å². The summed E-state index contributed by atoms with van der Waals surface area (Å²) in [6, 6.07) is 13.6. The normalized spacial score (nSPS) is 10.9. The number of aryl methyl sites for hydroxylation is 1. The predicted molar refractivity (Wildman–Crippen MR) is 153 cm³/mol. The summed E-state index contributed by atoms with van der Waals surface area (Å²) >= 11 is 0. The van der Waals surface area contributed by atoms with Crippen LogP contribution < -0.4 is 19.6 Å². The van der Waals surface area contributed by atoms with E-state index in [1.807, 2.05) is 0 Å². The minimum atomic E-state index is -1.39. The van der Waals surface area contributed by atoms with E-state index < -0.39 is 28.8 Å². The number of benzene rings is 3. The number of halogens is 2. The number of ether oxygens (including phenoxy) is 3. The number of hydrogen-bond donors (Lipinski definition) is 1. The van der Waals surface area contributed by atoms with E-state index in [9.17, 15) is 23.9 Å². The quantitative estimate of drug-likeness (QED) is 0.215. The molecule has 43 heavy (non-hydrogen) atoms. The summed E-state index contributed by atoms with van der Waals surface area (Å²) in [4.78, 5) is 42.9. The highest BCUT2D eigenvalue weighted by Gasteiger charge is 2.24. The SMILES string of the molecule is COc1cc2nccc(Oc3ccc(CC(=O)c4cn(C)c(C(=O)O)c(-c5ccc(F)cc5)c4=O)cc3F)c2cc1OC. The molecule has 1 N–H and O–H groups in total. The number of pyridine rings is 2. The van der Waals surface area contributed by atoms with Crippen molar-refractivity contribution in [2.24, 2.45) is 7.05 Å². The van der Waals surface area contributed by atoms with E-state index in [-0.39, 0.29) is 40.1 Å². The van der Waals surface area contributed by atoms with E-state index in [2.05, 4.69) is 4.98 Å². The van der Waals surface area contributed by atoms with Gasteiger partial charge >= 0.3 is 5.97 Å². The number of carbonyl (C=O) groups is 2. The van der Waals surface area contributed by atoms with Crippen molar-refractivity contribution in [1.82, 2.24) is 9.55 Å². The van der Waals surface area contributed by atoms with Crippen LogP contribution in [-0.4, -0.2) is 40.6 Å². The molecule has 0 aliphatic carbocycles. The summed E-state index contributed by atoms with van der Waals surface area (Å²) in [6.07, 6.45) is 2.29. The van der Waals surface area contributed by atoms with Gasteiger partial charge in [0, 0.05) is 37.3 Å². The third-order valence-electron chi connectivity index (χ3n) is 6.81. The number of methoxy groups -OCH3 is 2. The number of nitrogens with zero attached hydrogens (tertiary/aromatic N) is 2. The monoisotopic (exact) mass is 586 g/mol. The first kappa shape index (κ1) is 28.9. The Labute approximate surface area is 243 Å². The molecule has 2 heterocycles. The van der Waals surface area contributed by atoms with Crippen LogP contribution in [0.4, 0.5) is 8.78 Å². The summed E-state index contributed by atoms with van der Waals surface area (Å²) in [7, 11) is 4.37. The first-order chi connectivity index (χ1) is 20.6. The van der Waals surface area contributed by atoms with Gasteiger partial charge in [0.15, 0.2) is 28.8 Å². The van der Waals surface area contributed by atoms with Crippen LogP contribution >= 0.6 is 0 Å². The van der Waals surface area contributed by atoms with E-state index in [4.69, 9.17) is 14.2 Å². The molecule has 0 saturated heterocycles. The van der Waals surface area contributed by atoms with Gasteiger partial charge in [-0.1, -0.05) is 18.2 Å². The molecule has 2 aromatic heterocycles. The molecule has 0 amide bonds. The summed E-state index contributed by atoms with van der Waals surface area (Å²) in [5.41, 5.74) is -0.803. The molecule has 11 heteroatoms. The Morgan fingerprint density at radius 3 is 2.26 bits per heavy atom. The maximum atomic E-state index is 15.2. The average Bonchev–Trinajstić information content (AvgIpc) is 2.99. The Kier molecular flexibility index (Phi) is 7.89. The van der Waals surface area contributed by atoms with Gasteiger partial charge in [-0.2, -0.15) is 0 Å². The van der Waals surface area contributed by atoms with Crippen LogP contribution in [0.5, 0.6) is 23.0 Å². The molecule has 9 nitrogen and oxygen atoms in total. The van der Waals surface area contributed by atoms with Gasteiger partial charge < -0.3 is 23.9 Å². The fourth-order valence-electron chi connectivity index (χ4n) is 4.75. The van der Waals surface area contributed by atoms with Crippen molar-refractivity contribution in [2.75, 3.05) is 14.2 Å². The van der Waals surface area contributed by atoms with Gasteiger partial charge in [0.25, 0.3) is 0 Å². The first-order valence-electron chi connectivity index (χ1n) is 12.8. The number of aromatic nitrogens is 2. The fourth-order valence-corrected chi connectivity index (χ4v) is 4.75. The Balaban J connectivity index is 1.45. The van der Waals surface area contributed by atoms with Crippen LogP contribution in [-0.2, 0) is 13.5 Å². The Morgan fingerprint density at radius 1 is 0.907 bits per heavy atom. The zero-order valence-electron chi connectivity index (χ0n) is 23.2. The highest BCUT2D eigenvalue weighted by Crippen LogP contribution is 2.37. The number of fused-ring (bicyclic) bond motifs is 1. The van der Waals surface area contributed by atoms with E-state index >= 15 is 4.39 Å². The number of hydrogen-bond acceptors (Lipinski definition) is 7. The molecule has 0 radical (unpaired) electrons. The second kappa shape index (κ2) is 11.7. The number of carboxylic acids is 1. The molecule has 0 saturated carbocycles. The van der Waals surface area contributed by atoms with Crippen molar-refractivity contribution < 1.29 is 37.7 Å². The zero-order valence-corrected chi connectivity index (χ0v) is 23.2. The molecule has 0 spiro atoms. The highest BCUT2D eigenvalue weighted by molar-refractivity contribution is 6.01. The van der Waals surface area contributed by atoms with E-state index in [1.165, 1.54) is 51.7 Å². The molecule has 3 aromatic carbocycles. The molecule has 218 valence electrons. The average molecular weight is 587 g/mol. The maximum Gasteiger partial charge on any atom is 0.353 e. The number of rotatable bonds is 9. The molecule has 5 rings (SSSR count). The van der Waals surface area contributed by atoms with Gasteiger partial charge in [-0.3, -0.25) is 14.6 Å². The molecule has 0 atom stereocenters. The van der Waals surface area contributed by atoms with Crippen LogP contribution in [0.15, 0.2) is 77.9 Å². The van der Waals surface area contributed by atoms with Crippen LogP contribution in [0, 0.1) is 11.6 Å². The molecule has 0 bridgehead atoms. The smallest absolute Gasteiger partial charge is 0.353 e. The van der Waals surface area contributed by atoms with Crippen molar-refractivity contribution >= 4 is 22.7 Å². The number of ketones is 1. The van der Waals surface area contributed by atoms with Crippen LogP contribution in [0.3, 0.4) is 0 Å². The number of aromatic carboxylic acids is 1. The lowest BCUT2D eigenvalue weighted by Gasteiger charge is -2.14. The van der Waals surface area contributed by atoms with E-state index in [0.717, 1.165) is 29.0 Å². The fraction of sp³-hybridized carbons (Fsp3) is 0.125. The second-order valence-corrected chi connectivity index (χ2v) is 9.52. The van der Waals surface area contributed by atoms with Crippen LogP contribution in [0.2, 0.25) is 0 Å². The molecule has 5 aromatic rings. The summed E-state index contributed by atoms with van der Waals surface area (Å²) in [6.45, 7) is 0. The molecule has 0 aliphatic rings. The summed E-state index contributed by atoms with van der Waals surface area (Å²) in [5, 5.41) is 10.3. The van der Waals surface area contributed by atoms with Crippen LogP contribution in [0.25, 0.3) is 22.0 Å². The predicted octanol–water partition coefficient (Wildman–Crippen LogP) is 5.81. The molecule has 0 fully saturated rings. The second-order valence-electron chi connectivity index (χ2n) is 9.52. The van der Waals surface area contributed by atoms with E-state index in [0.29, 0.717) is 28.2 Å². The van der Waals surface area contributed by atoms with Crippen molar-refractivity contribution in [3.8, 4) is 34.1 Å². The van der Waals surface area contributed by atoms with Gasteiger partial charge in [-0.25, -0.2) is 13.6 Å². The molecular formula is C32H24F2N2O7. The zero-order chi connectivity index (χ0) is 30.8. The van der Waals surface area contributed by atoms with Gasteiger partial charge in [-0.05, 0) is 47.5 Å². The van der Waals surface area contributed by atoms with E-state index in [1.54, 1.807) is 18.2 Å². The highest BCUT2D eigenvalue weighted by atomic mass is 19.1. The maximum absolute atomic E-state index is 15.2. The lowest BCUT2D eigenvalue weighted by atomic mass is 9.97. The lowest BCUT2D eigenvalue weighted by molar-refractivity contribution is 0.0685. The molecule has 0 aliphatic heterocycles. The topological polar surface area (TPSA) is 117 Å². The third-order valence-corrected chi connectivity index (χ3v) is 6.81. The third kappa shape index (κ3) is 5.65. The number of Topliss-reactive ketones (excluding diaryl/α,β-unsaturated/α-hetero) is 1. The lowest BCUT2D eigenvalue weighted by Crippen LogP contribution is -2.25. The van der Waals surface area contributed by atoms with Crippen molar-refractivity contribution in [3.05, 3.63) is 112 Å². The van der Waals surface area contributed by atoms with Gasteiger partial charge in [0.1, 0.15) is 17.3 Å². The minimum Gasteiger partial charge on any atom is -0.493 e. The van der Waals surface area contributed by atoms with Gasteiger partial charge in [0.05, 0.1) is 30.9 Å². The van der Waals surface area contributed by atoms with Crippen LogP contribution in [0.1, 0.15) is 26.4 Å².